The van der Waals surface area contributed by atoms with E-state index in [0.29, 0.717) is 10.0 Å². The van der Waals surface area contributed by atoms with E-state index in [4.69, 9.17) is 23.2 Å². The molecule has 0 heterocycles. The van der Waals surface area contributed by atoms with Crippen LogP contribution in [0.5, 0.6) is 0 Å². The van der Waals surface area contributed by atoms with Gasteiger partial charge in [0.15, 0.2) is 0 Å². The van der Waals surface area contributed by atoms with E-state index in [0.717, 1.165) is 13.0 Å². The summed E-state index contributed by atoms with van der Waals surface area (Å²) in [7, 11) is 1.96. The summed E-state index contributed by atoms with van der Waals surface area (Å²) in [5, 5.41) is 4.41. The van der Waals surface area contributed by atoms with Crippen LogP contribution in [0.1, 0.15) is 25.8 Å². The molecule has 0 aliphatic rings. The highest BCUT2D eigenvalue weighted by atomic mass is 35.5. The van der Waals surface area contributed by atoms with E-state index in [-0.39, 0.29) is 5.41 Å². The summed E-state index contributed by atoms with van der Waals surface area (Å²) in [6, 6.07) is 5.86. The minimum Gasteiger partial charge on any atom is -0.320 e. The minimum absolute atomic E-state index is 0.122. The summed E-state index contributed by atoms with van der Waals surface area (Å²) in [5.74, 6) is 0. The molecule has 1 N–H and O–H groups in total. The van der Waals surface area contributed by atoms with Gasteiger partial charge < -0.3 is 5.32 Å². The predicted octanol–water partition coefficient (Wildman–Crippen LogP) is 3.88. The monoisotopic (exact) mass is 245 g/mol. The summed E-state index contributed by atoms with van der Waals surface area (Å²) in [6.07, 6.45) is 1.07. The number of benzene rings is 1. The second-order valence-electron chi connectivity index (χ2n) is 4.37. The predicted molar refractivity (Wildman–Crippen MR) is 68.0 cm³/mol. The smallest absolute Gasteiger partial charge is 0.0595 e. The normalized spacial score (nSPS) is 11.8. The lowest BCUT2D eigenvalue weighted by molar-refractivity contribution is 0.469. The fourth-order valence-electron chi connectivity index (χ4n) is 1.50. The summed E-state index contributed by atoms with van der Waals surface area (Å²) < 4.78 is 0. The highest BCUT2D eigenvalue weighted by Gasteiger charge is 2.20. The van der Waals surface area contributed by atoms with Crippen LogP contribution >= 0.6 is 23.2 Å². The van der Waals surface area contributed by atoms with Crippen molar-refractivity contribution in [1.82, 2.24) is 5.32 Å². The van der Waals surface area contributed by atoms with Crippen molar-refractivity contribution in [2.24, 2.45) is 0 Å². The van der Waals surface area contributed by atoms with Crippen molar-refractivity contribution in [3.63, 3.8) is 0 Å². The van der Waals surface area contributed by atoms with Gasteiger partial charge in [-0.25, -0.2) is 0 Å². The Morgan fingerprint density at radius 1 is 1.20 bits per heavy atom. The lowest BCUT2D eigenvalue weighted by Gasteiger charge is -2.25. The first-order valence-corrected chi connectivity index (χ1v) is 5.83. The molecule has 0 spiro atoms. The first-order valence-electron chi connectivity index (χ1n) is 5.07. The molecule has 1 aromatic carbocycles. The Bertz CT molecular complexity index is 334. The zero-order valence-corrected chi connectivity index (χ0v) is 10.9. The van der Waals surface area contributed by atoms with Crippen LogP contribution in [-0.2, 0) is 5.41 Å². The standard InChI is InChI=1S/C12H17Cl2N/c1-12(2,6-7-15-3)9-4-5-10(13)11(14)8-9/h4-5,8,15H,6-7H2,1-3H3. The number of hydrogen-bond acceptors (Lipinski definition) is 1. The van der Waals surface area contributed by atoms with Gasteiger partial charge in [0.05, 0.1) is 10.0 Å². The van der Waals surface area contributed by atoms with E-state index in [1.807, 2.05) is 25.2 Å². The molecule has 0 bridgehead atoms. The molecular weight excluding hydrogens is 229 g/mol. The van der Waals surface area contributed by atoms with Crippen molar-refractivity contribution >= 4 is 23.2 Å². The molecule has 0 saturated carbocycles. The van der Waals surface area contributed by atoms with Gasteiger partial charge in [0.1, 0.15) is 0 Å². The Balaban J connectivity index is 2.89. The molecule has 0 aliphatic heterocycles. The molecular formula is C12H17Cl2N. The summed E-state index contributed by atoms with van der Waals surface area (Å²) >= 11 is 11.9. The molecule has 0 radical (unpaired) electrons. The van der Waals surface area contributed by atoms with Crippen molar-refractivity contribution in [2.45, 2.75) is 25.7 Å². The van der Waals surface area contributed by atoms with Crippen LogP contribution in [-0.4, -0.2) is 13.6 Å². The maximum Gasteiger partial charge on any atom is 0.0595 e. The highest BCUT2D eigenvalue weighted by Crippen LogP contribution is 2.31. The van der Waals surface area contributed by atoms with Crippen molar-refractivity contribution in [1.29, 1.82) is 0 Å². The summed E-state index contributed by atoms with van der Waals surface area (Å²) in [5.41, 5.74) is 1.35. The van der Waals surface area contributed by atoms with Gasteiger partial charge >= 0.3 is 0 Å². The lowest BCUT2D eigenvalue weighted by Crippen LogP contribution is -2.23. The molecule has 0 saturated heterocycles. The maximum absolute atomic E-state index is 6.01. The van der Waals surface area contributed by atoms with E-state index < -0.39 is 0 Å². The Morgan fingerprint density at radius 2 is 1.87 bits per heavy atom. The second kappa shape index (κ2) is 5.20. The summed E-state index contributed by atoms with van der Waals surface area (Å²) in [4.78, 5) is 0. The molecule has 84 valence electrons. The Kier molecular flexibility index (Phi) is 4.45. The average Bonchev–Trinajstić information content (AvgIpc) is 2.19. The fraction of sp³-hybridized carbons (Fsp3) is 0.500. The molecule has 1 aromatic rings. The van der Waals surface area contributed by atoms with Gasteiger partial charge in [0.25, 0.3) is 0 Å². The van der Waals surface area contributed by atoms with Crippen molar-refractivity contribution < 1.29 is 0 Å². The van der Waals surface area contributed by atoms with E-state index in [2.05, 4.69) is 19.2 Å². The van der Waals surface area contributed by atoms with Crippen LogP contribution in [0.15, 0.2) is 18.2 Å². The van der Waals surface area contributed by atoms with Gasteiger partial charge in [-0.2, -0.15) is 0 Å². The van der Waals surface area contributed by atoms with E-state index in [9.17, 15) is 0 Å². The number of halogens is 2. The Labute approximate surface area is 102 Å². The maximum atomic E-state index is 6.01. The third-order valence-electron chi connectivity index (χ3n) is 2.70. The number of hydrogen-bond donors (Lipinski definition) is 1. The summed E-state index contributed by atoms with van der Waals surface area (Å²) in [6.45, 7) is 5.42. The van der Waals surface area contributed by atoms with Crippen molar-refractivity contribution in [3.8, 4) is 0 Å². The molecule has 0 aromatic heterocycles. The fourth-order valence-corrected chi connectivity index (χ4v) is 1.80. The van der Waals surface area contributed by atoms with Gasteiger partial charge in [0, 0.05) is 0 Å². The van der Waals surface area contributed by atoms with Crippen molar-refractivity contribution in [3.05, 3.63) is 33.8 Å². The van der Waals surface area contributed by atoms with Crippen molar-refractivity contribution in [2.75, 3.05) is 13.6 Å². The van der Waals surface area contributed by atoms with Crippen LogP contribution in [0.3, 0.4) is 0 Å². The first-order chi connectivity index (χ1) is 6.97. The SMILES string of the molecule is CNCCC(C)(C)c1ccc(Cl)c(Cl)c1. The zero-order chi connectivity index (χ0) is 11.5. The Morgan fingerprint density at radius 3 is 2.40 bits per heavy atom. The van der Waals surface area contributed by atoms with E-state index >= 15 is 0 Å². The highest BCUT2D eigenvalue weighted by molar-refractivity contribution is 6.42. The molecule has 0 amide bonds. The molecule has 0 fully saturated rings. The van der Waals surface area contributed by atoms with Gasteiger partial charge in [-0.3, -0.25) is 0 Å². The molecule has 0 atom stereocenters. The van der Waals surface area contributed by atoms with Gasteiger partial charge in [0.2, 0.25) is 0 Å². The van der Waals surface area contributed by atoms with Gasteiger partial charge in [-0.05, 0) is 43.1 Å². The largest absolute Gasteiger partial charge is 0.320 e. The quantitative estimate of drug-likeness (QED) is 0.850. The third kappa shape index (κ3) is 3.37. The van der Waals surface area contributed by atoms with E-state index in [1.165, 1.54) is 5.56 Å². The second-order valence-corrected chi connectivity index (χ2v) is 5.18. The lowest BCUT2D eigenvalue weighted by atomic mass is 9.81. The van der Waals surface area contributed by atoms with Crippen LogP contribution in [0.4, 0.5) is 0 Å². The van der Waals surface area contributed by atoms with Gasteiger partial charge in [-0.1, -0.05) is 43.1 Å². The Hall–Kier alpha value is -0.240. The third-order valence-corrected chi connectivity index (χ3v) is 3.44. The van der Waals surface area contributed by atoms with Crippen LogP contribution in [0.2, 0.25) is 10.0 Å². The van der Waals surface area contributed by atoms with Crippen LogP contribution in [0.25, 0.3) is 0 Å². The van der Waals surface area contributed by atoms with Gasteiger partial charge in [-0.15, -0.1) is 0 Å². The molecule has 0 unspecified atom stereocenters. The molecule has 0 aliphatic carbocycles. The zero-order valence-electron chi connectivity index (χ0n) is 9.40. The minimum atomic E-state index is 0.122. The van der Waals surface area contributed by atoms with E-state index in [1.54, 1.807) is 0 Å². The number of nitrogens with one attached hydrogen (secondary N) is 1. The average molecular weight is 246 g/mol. The topological polar surface area (TPSA) is 12.0 Å². The van der Waals surface area contributed by atoms with Crippen LogP contribution < -0.4 is 5.32 Å². The number of rotatable bonds is 4. The molecule has 15 heavy (non-hydrogen) atoms. The van der Waals surface area contributed by atoms with Crippen LogP contribution in [0, 0.1) is 0 Å². The molecule has 1 nitrogen and oxygen atoms in total. The molecule has 1 rings (SSSR count). The molecule has 3 heteroatoms. The first kappa shape index (κ1) is 12.8.